The lowest BCUT2D eigenvalue weighted by atomic mass is 9.67. The number of aliphatic hydroxyl groups is 1. The number of hydrogen-bond acceptors (Lipinski definition) is 1. The van der Waals surface area contributed by atoms with Crippen molar-refractivity contribution in [2.24, 2.45) is 11.3 Å². The third-order valence-electron chi connectivity index (χ3n) is 3.87. The summed E-state index contributed by atoms with van der Waals surface area (Å²) >= 11 is 0. The molecule has 1 N–H and O–H groups in total. The zero-order valence-electron chi connectivity index (χ0n) is 10.5. The Morgan fingerprint density at radius 2 is 2.33 bits per heavy atom. The first kappa shape index (κ1) is 12.5. The van der Waals surface area contributed by atoms with Crippen LogP contribution >= 0.6 is 0 Å². The van der Waals surface area contributed by atoms with Gasteiger partial charge in [-0.3, -0.25) is 0 Å². The molecule has 2 atom stereocenters. The molecule has 0 aliphatic heterocycles. The summed E-state index contributed by atoms with van der Waals surface area (Å²) in [5, 5.41) is 9.54. The first-order valence-electron chi connectivity index (χ1n) is 5.92. The number of hydrogen-bond donors (Lipinski definition) is 1. The van der Waals surface area contributed by atoms with E-state index in [1.54, 1.807) is 0 Å². The minimum atomic E-state index is 0.0871. The van der Waals surface area contributed by atoms with E-state index in [2.05, 4.69) is 39.8 Å². The van der Waals surface area contributed by atoms with Gasteiger partial charge in [0, 0.05) is 6.61 Å². The zero-order valence-corrected chi connectivity index (χ0v) is 10.5. The Morgan fingerprint density at radius 3 is 2.87 bits per heavy atom. The van der Waals surface area contributed by atoms with E-state index in [4.69, 9.17) is 0 Å². The first-order valence-corrected chi connectivity index (χ1v) is 5.92. The van der Waals surface area contributed by atoms with Crippen molar-refractivity contribution in [2.75, 3.05) is 6.61 Å². The van der Waals surface area contributed by atoms with Crippen molar-refractivity contribution in [1.29, 1.82) is 0 Å². The molecular formula is C14H24O. The Kier molecular flexibility index (Phi) is 4.15. The zero-order chi connectivity index (χ0) is 11.5. The van der Waals surface area contributed by atoms with E-state index in [1.807, 2.05) is 0 Å². The van der Waals surface area contributed by atoms with Crippen molar-refractivity contribution < 1.29 is 5.11 Å². The summed E-state index contributed by atoms with van der Waals surface area (Å²) in [6.07, 6.45) is 7.89. The predicted molar refractivity (Wildman–Crippen MR) is 65.7 cm³/mol. The lowest BCUT2D eigenvalue weighted by molar-refractivity contribution is 0.0834. The van der Waals surface area contributed by atoms with Crippen molar-refractivity contribution in [3.8, 4) is 0 Å². The highest BCUT2D eigenvalue weighted by Gasteiger charge is 2.34. The van der Waals surface area contributed by atoms with Gasteiger partial charge in [-0.1, -0.05) is 30.2 Å². The summed E-state index contributed by atoms with van der Waals surface area (Å²) in [5.74, 6) is 0.507. The molecule has 15 heavy (non-hydrogen) atoms. The maximum absolute atomic E-state index is 9.54. The van der Waals surface area contributed by atoms with Gasteiger partial charge in [-0.15, -0.1) is 0 Å². The van der Waals surface area contributed by atoms with Gasteiger partial charge in [0.05, 0.1) is 0 Å². The highest BCUT2D eigenvalue weighted by Crippen LogP contribution is 2.42. The topological polar surface area (TPSA) is 20.2 Å². The molecular weight excluding hydrogens is 184 g/mol. The summed E-state index contributed by atoms with van der Waals surface area (Å²) in [7, 11) is 0. The first-order chi connectivity index (χ1) is 7.01. The second-order valence-electron chi connectivity index (χ2n) is 5.27. The average Bonchev–Trinajstić information content (AvgIpc) is 2.23. The number of aliphatic hydroxyl groups excluding tert-OH is 1. The molecule has 1 heteroatoms. The van der Waals surface area contributed by atoms with Crippen molar-refractivity contribution in [3.05, 3.63) is 23.3 Å². The molecule has 1 rings (SSSR count). The Hall–Kier alpha value is -0.560. The van der Waals surface area contributed by atoms with Gasteiger partial charge in [0.2, 0.25) is 0 Å². The molecule has 0 bridgehead atoms. The summed E-state index contributed by atoms with van der Waals surface area (Å²) in [4.78, 5) is 0. The van der Waals surface area contributed by atoms with Gasteiger partial charge in [-0.25, -0.2) is 0 Å². The SMILES string of the molecule is CC=C(C)CC1C=C(C)CCC1(C)CO. The normalized spacial score (nSPS) is 32.7. The van der Waals surface area contributed by atoms with Crippen LogP contribution in [0, 0.1) is 11.3 Å². The van der Waals surface area contributed by atoms with Crippen LogP contribution in [0.15, 0.2) is 23.3 Å². The van der Waals surface area contributed by atoms with Gasteiger partial charge in [-0.05, 0) is 51.4 Å². The Bertz CT molecular complexity index is 275. The molecule has 1 nitrogen and oxygen atoms in total. The van der Waals surface area contributed by atoms with Crippen LogP contribution in [0.4, 0.5) is 0 Å². The van der Waals surface area contributed by atoms with E-state index < -0.39 is 0 Å². The summed E-state index contributed by atoms with van der Waals surface area (Å²) in [6, 6.07) is 0. The van der Waals surface area contributed by atoms with Gasteiger partial charge in [0.15, 0.2) is 0 Å². The van der Waals surface area contributed by atoms with Crippen LogP contribution in [0.2, 0.25) is 0 Å². The van der Waals surface area contributed by atoms with Gasteiger partial charge in [0.1, 0.15) is 0 Å². The van der Waals surface area contributed by atoms with Crippen molar-refractivity contribution in [2.45, 2.75) is 47.0 Å². The number of allylic oxidation sites excluding steroid dienone is 4. The van der Waals surface area contributed by atoms with Crippen LogP contribution in [0.25, 0.3) is 0 Å². The van der Waals surface area contributed by atoms with Gasteiger partial charge in [-0.2, -0.15) is 0 Å². The van der Waals surface area contributed by atoms with Gasteiger partial charge < -0.3 is 5.11 Å². The van der Waals surface area contributed by atoms with Crippen LogP contribution in [-0.4, -0.2) is 11.7 Å². The molecule has 1 aliphatic carbocycles. The van der Waals surface area contributed by atoms with Crippen LogP contribution in [0.3, 0.4) is 0 Å². The molecule has 86 valence electrons. The molecule has 0 saturated carbocycles. The van der Waals surface area contributed by atoms with Crippen molar-refractivity contribution in [1.82, 2.24) is 0 Å². The Balaban J connectivity index is 2.84. The summed E-state index contributed by atoms with van der Waals surface area (Å²) in [5.41, 5.74) is 2.99. The summed E-state index contributed by atoms with van der Waals surface area (Å²) < 4.78 is 0. The lowest BCUT2D eigenvalue weighted by Crippen LogP contribution is -2.33. The van der Waals surface area contributed by atoms with Gasteiger partial charge >= 0.3 is 0 Å². The molecule has 0 heterocycles. The van der Waals surface area contributed by atoms with E-state index in [0.29, 0.717) is 12.5 Å². The molecule has 0 aromatic carbocycles. The van der Waals surface area contributed by atoms with Crippen molar-refractivity contribution >= 4 is 0 Å². The van der Waals surface area contributed by atoms with E-state index >= 15 is 0 Å². The lowest BCUT2D eigenvalue weighted by Gasteiger charge is -2.38. The van der Waals surface area contributed by atoms with Crippen LogP contribution in [-0.2, 0) is 0 Å². The monoisotopic (exact) mass is 208 g/mol. The highest BCUT2D eigenvalue weighted by molar-refractivity contribution is 5.14. The molecule has 0 saturated heterocycles. The molecule has 1 aliphatic rings. The summed E-state index contributed by atoms with van der Waals surface area (Å²) in [6.45, 7) is 8.98. The molecule has 0 radical (unpaired) electrons. The third-order valence-corrected chi connectivity index (χ3v) is 3.87. The number of rotatable bonds is 3. The van der Waals surface area contributed by atoms with E-state index in [9.17, 15) is 5.11 Å². The molecule has 0 aromatic rings. The second kappa shape index (κ2) is 4.98. The second-order valence-corrected chi connectivity index (χ2v) is 5.27. The fourth-order valence-electron chi connectivity index (χ4n) is 2.26. The quantitative estimate of drug-likeness (QED) is 0.701. The minimum absolute atomic E-state index is 0.0871. The largest absolute Gasteiger partial charge is 0.396 e. The fraction of sp³-hybridized carbons (Fsp3) is 0.714. The standard InChI is InChI=1S/C14H24O/c1-5-11(2)8-13-9-12(3)6-7-14(13,4)10-15/h5,9,13,15H,6-8,10H2,1-4H3. The van der Waals surface area contributed by atoms with Crippen molar-refractivity contribution in [3.63, 3.8) is 0 Å². The van der Waals surface area contributed by atoms with Crippen LogP contribution in [0.5, 0.6) is 0 Å². The fourth-order valence-corrected chi connectivity index (χ4v) is 2.26. The minimum Gasteiger partial charge on any atom is -0.396 e. The Labute approximate surface area is 93.9 Å². The molecule has 2 unspecified atom stereocenters. The smallest absolute Gasteiger partial charge is 0.0490 e. The molecule has 0 fully saturated rings. The van der Waals surface area contributed by atoms with Crippen LogP contribution in [0.1, 0.15) is 47.0 Å². The highest BCUT2D eigenvalue weighted by atomic mass is 16.3. The third kappa shape index (κ3) is 2.94. The Morgan fingerprint density at radius 1 is 1.67 bits per heavy atom. The predicted octanol–water partition coefficient (Wildman–Crippen LogP) is 3.70. The van der Waals surface area contributed by atoms with E-state index in [-0.39, 0.29) is 5.41 Å². The van der Waals surface area contributed by atoms with Gasteiger partial charge in [0.25, 0.3) is 0 Å². The maximum Gasteiger partial charge on any atom is 0.0490 e. The molecule has 0 amide bonds. The van der Waals surface area contributed by atoms with E-state index in [1.165, 1.54) is 11.1 Å². The van der Waals surface area contributed by atoms with E-state index in [0.717, 1.165) is 19.3 Å². The van der Waals surface area contributed by atoms with Crippen LogP contribution < -0.4 is 0 Å². The molecule has 0 aromatic heterocycles. The maximum atomic E-state index is 9.54. The molecule has 0 spiro atoms. The average molecular weight is 208 g/mol.